The van der Waals surface area contributed by atoms with Gasteiger partial charge in [-0.1, -0.05) is 42.0 Å². The van der Waals surface area contributed by atoms with Crippen molar-refractivity contribution in [2.45, 2.75) is 19.3 Å². The van der Waals surface area contributed by atoms with Crippen LogP contribution >= 0.6 is 11.6 Å². The van der Waals surface area contributed by atoms with Gasteiger partial charge >= 0.3 is 0 Å². The van der Waals surface area contributed by atoms with E-state index in [1.54, 1.807) is 13.3 Å². The van der Waals surface area contributed by atoms with Gasteiger partial charge in [-0.3, -0.25) is 4.90 Å². The average molecular weight is 459 g/mol. The molecule has 0 fully saturated rings. The van der Waals surface area contributed by atoms with E-state index in [9.17, 15) is 0 Å². The molecule has 2 aliphatic heterocycles. The van der Waals surface area contributed by atoms with Gasteiger partial charge in [0.05, 0.1) is 7.11 Å². The van der Waals surface area contributed by atoms with Crippen LogP contribution in [0.5, 0.6) is 17.4 Å². The molecule has 0 saturated heterocycles. The van der Waals surface area contributed by atoms with Gasteiger partial charge in [0.2, 0.25) is 5.88 Å². The first-order valence-corrected chi connectivity index (χ1v) is 11.7. The minimum Gasteiger partial charge on any atom is -0.496 e. The number of allylic oxidation sites excluding steroid dienone is 1. The summed E-state index contributed by atoms with van der Waals surface area (Å²) in [5.74, 6) is 2.32. The maximum atomic E-state index is 6.17. The lowest BCUT2D eigenvalue weighted by Crippen LogP contribution is -2.29. The van der Waals surface area contributed by atoms with Crippen molar-refractivity contribution in [1.82, 2.24) is 9.88 Å². The van der Waals surface area contributed by atoms with Gasteiger partial charge in [0.15, 0.2) is 0 Å². The highest BCUT2D eigenvalue weighted by Crippen LogP contribution is 2.41. The molecule has 4 nitrogen and oxygen atoms in total. The predicted molar refractivity (Wildman–Crippen MR) is 134 cm³/mol. The summed E-state index contributed by atoms with van der Waals surface area (Å²) in [5.41, 5.74) is 6.04. The van der Waals surface area contributed by atoms with Crippen LogP contribution in [0.3, 0.4) is 0 Å². The third-order valence-electron chi connectivity index (χ3n) is 6.35. The molecule has 2 aromatic carbocycles. The Balaban J connectivity index is 1.30. The SMILES string of the molecule is COc1cccc2c1C/C(=C/CCN1CC=C(c3ccc(Cl)cc3)CC1)c1cccnc1O2. The maximum Gasteiger partial charge on any atom is 0.226 e. The monoisotopic (exact) mass is 458 g/mol. The zero-order valence-electron chi connectivity index (χ0n) is 18.8. The normalized spacial score (nSPS) is 16.9. The second kappa shape index (κ2) is 9.82. The van der Waals surface area contributed by atoms with E-state index >= 15 is 0 Å². The topological polar surface area (TPSA) is 34.6 Å². The number of rotatable bonds is 5. The summed E-state index contributed by atoms with van der Waals surface area (Å²) < 4.78 is 11.8. The quantitative estimate of drug-likeness (QED) is 0.428. The smallest absolute Gasteiger partial charge is 0.226 e. The molecular formula is C28H27ClN2O2. The minimum absolute atomic E-state index is 0.657. The van der Waals surface area contributed by atoms with Crippen LogP contribution in [0.1, 0.15) is 29.5 Å². The number of hydrogen-bond acceptors (Lipinski definition) is 4. The van der Waals surface area contributed by atoms with Crippen LogP contribution in [0.15, 0.2) is 72.9 Å². The number of pyridine rings is 1. The van der Waals surface area contributed by atoms with Gasteiger partial charge in [0.25, 0.3) is 0 Å². The van der Waals surface area contributed by atoms with Gasteiger partial charge in [0, 0.05) is 48.4 Å². The molecule has 3 heterocycles. The summed E-state index contributed by atoms with van der Waals surface area (Å²) in [6, 6.07) is 18.1. The highest BCUT2D eigenvalue weighted by atomic mass is 35.5. The van der Waals surface area contributed by atoms with Crippen molar-refractivity contribution in [2.24, 2.45) is 0 Å². The van der Waals surface area contributed by atoms with Gasteiger partial charge in [0.1, 0.15) is 11.5 Å². The molecule has 0 aliphatic carbocycles. The first kappa shape index (κ1) is 21.7. The molecule has 0 spiro atoms. The van der Waals surface area contributed by atoms with Gasteiger partial charge in [-0.2, -0.15) is 0 Å². The van der Waals surface area contributed by atoms with Crippen molar-refractivity contribution in [1.29, 1.82) is 0 Å². The molecule has 0 bridgehead atoms. The molecule has 0 amide bonds. The molecule has 0 radical (unpaired) electrons. The van der Waals surface area contributed by atoms with E-state index in [1.807, 2.05) is 36.4 Å². The predicted octanol–water partition coefficient (Wildman–Crippen LogP) is 6.65. The lowest BCUT2D eigenvalue weighted by Gasteiger charge is -2.26. The van der Waals surface area contributed by atoms with Crippen LogP contribution < -0.4 is 9.47 Å². The molecule has 5 rings (SSSR count). The summed E-state index contributed by atoms with van der Waals surface area (Å²) in [5, 5.41) is 0.783. The van der Waals surface area contributed by atoms with Crippen molar-refractivity contribution in [3.05, 3.63) is 94.7 Å². The van der Waals surface area contributed by atoms with Crippen LogP contribution in [0.4, 0.5) is 0 Å². The Morgan fingerprint density at radius 3 is 2.79 bits per heavy atom. The van der Waals surface area contributed by atoms with Gasteiger partial charge in [-0.15, -0.1) is 0 Å². The largest absolute Gasteiger partial charge is 0.496 e. The Labute approximate surface area is 200 Å². The molecule has 0 saturated carbocycles. The molecule has 0 N–H and O–H groups in total. The second-order valence-corrected chi connectivity index (χ2v) is 8.81. The molecule has 2 aliphatic rings. The van der Waals surface area contributed by atoms with E-state index in [4.69, 9.17) is 21.1 Å². The number of fused-ring (bicyclic) bond motifs is 2. The van der Waals surface area contributed by atoms with Gasteiger partial charge in [-0.25, -0.2) is 4.98 Å². The second-order valence-electron chi connectivity index (χ2n) is 8.38. The third kappa shape index (κ3) is 4.82. The Morgan fingerprint density at radius 2 is 2.00 bits per heavy atom. The van der Waals surface area contributed by atoms with Crippen molar-refractivity contribution in [2.75, 3.05) is 26.7 Å². The Bertz CT molecular complexity index is 1200. The summed E-state index contributed by atoms with van der Waals surface area (Å²) in [7, 11) is 1.71. The molecule has 0 atom stereocenters. The van der Waals surface area contributed by atoms with Crippen molar-refractivity contribution < 1.29 is 9.47 Å². The number of aromatic nitrogens is 1. The number of halogens is 1. The number of nitrogens with zero attached hydrogens (tertiary/aromatic N) is 2. The fourth-order valence-electron chi connectivity index (χ4n) is 4.56. The molecule has 0 unspecified atom stereocenters. The summed E-state index contributed by atoms with van der Waals surface area (Å²) in [6.07, 6.45) is 9.25. The van der Waals surface area contributed by atoms with E-state index in [2.05, 4.69) is 40.2 Å². The average Bonchev–Trinajstić information content (AvgIpc) is 3.01. The fourth-order valence-corrected chi connectivity index (χ4v) is 4.68. The van der Waals surface area contributed by atoms with Crippen molar-refractivity contribution in [3.63, 3.8) is 0 Å². The molecule has 1 aromatic heterocycles. The minimum atomic E-state index is 0.657. The number of hydrogen-bond donors (Lipinski definition) is 0. The lowest BCUT2D eigenvalue weighted by atomic mass is 9.97. The zero-order chi connectivity index (χ0) is 22.6. The molecular weight excluding hydrogens is 432 g/mol. The Morgan fingerprint density at radius 1 is 1.12 bits per heavy atom. The molecule has 33 heavy (non-hydrogen) atoms. The van der Waals surface area contributed by atoms with Crippen LogP contribution in [-0.2, 0) is 6.42 Å². The van der Waals surface area contributed by atoms with E-state index < -0.39 is 0 Å². The van der Waals surface area contributed by atoms with Crippen molar-refractivity contribution in [3.8, 4) is 17.4 Å². The summed E-state index contributed by atoms with van der Waals surface area (Å²) in [4.78, 5) is 7.00. The van der Waals surface area contributed by atoms with Crippen molar-refractivity contribution >= 4 is 22.7 Å². The molecule has 168 valence electrons. The lowest BCUT2D eigenvalue weighted by molar-refractivity contribution is 0.308. The van der Waals surface area contributed by atoms with Gasteiger partial charge < -0.3 is 9.47 Å². The number of benzene rings is 2. The summed E-state index contributed by atoms with van der Waals surface area (Å²) >= 11 is 6.03. The number of methoxy groups -OCH3 is 1. The Hall–Kier alpha value is -3.08. The highest BCUT2D eigenvalue weighted by Gasteiger charge is 2.22. The van der Waals surface area contributed by atoms with Gasteiger partial charge in [-0.05, 0) is 65.9 Å². The molecule has 5 heteroatoms. The van der Waals surface area contributed by atoms with E-state index in [0.29, 0.717) is 5.88 Å². The van der Waals surface area contributed by atoms with Crippen LogP contribution in [0, 0.1) is 0 Å². The van der Waals surface area contributed by atoms with Crippen LogP contribution in [0.25, 0.3) is 11.1 Å². The number of ether oxygens (including phenoxy) is 2. The third-order valence-corrected chi connectivity index (χ3v) is 6.60. The Kier molecular flexibility index (Phi) is 6.47. The maximum absolute atomic E-state index is 6.17. The zero-order valence-corrected chi connectivity index (χ0v) is 19.5. The van der Waals surface area contributed by atoms with Crippen LogP contribution in [0.2, 0.25) is 5.02 Å². The van der Waals surface area contributed by atoms with E-state index in [0.717, 1.165) is 66.5 Å². The van der Waals surface area contributed by atoms with E-state index in [-0.39, 0.29) is 0 Å². The standard InChI is InChI=1S/C28H27ClN2O2/c1-32-26-7-2-8-27-25(26)19-22(24-6-3-15-30-28(24)33-27)5-4-16-31-17-13-21(14-18-31)20-9-11-23(29)12-10-20/h2-3,5-13,15H,4,14,16-19H2,1H3/b22-5-. The first-order valence-electron chi connectivity index (χ1n) is 11.4. The van der Waals surface area contributed by atoms with E-state index in [1.165, 1.54) is 16.7 Å². The summed E-state index contributed by atoms with van der Waals surface area (Å²) in [6.45, 7) is 3.05. The van der Waals surface area contributed by atoms with Crippen LogP contribution in [-0.4, -0.2) is 36.6 Å². The molecule has 3 aromatic rings. The first-order chi connectivity index (χ1) is 16.2. The fraction of sp³-hybridized carbons (Fsp3) is 0.250. The highest BCUT2D eigenvalue weighted by molar-refractivity contribution is 6.30.